The van der Waals surface area contributed by atoms with Gasteiger partial charge in [-0.3, -0.25) is 4.79 Å². The van der Waals surface area contributed by atoms with Crippen molar-refractivity contribution in [2.45, 2.75) is 32.2 Å². The summed E-state index contributed by atoms with van der Waals surface area (Å²) in [7, 11) is 0. The molecule has 1 aliphatic rings. The standard InChI is InChI=1S/C19H25N3O3S.ClH/c1-2-9-25-15-5-3-13(4-6-15)16-12-26-19(21-16)22-18(23)17(20)14-7-10-24-11-8-14;/h3-6,12,14,17H,2,7-11,20H2,1H3,(H,21,22,23);1H. The summed E-state index contributed by atoms with van der Waals surface area (Å²) < 4.78 is 10.9. The molecule has 1 aliphatic heterocycles. The number of nitrogens with one attached hydrogen (secondary N) is 1. The molecule has 0 radical (unpaired) electrons. The highest BCUT2D eigenvalue weighted by Crippen LogP contribution is 2.27. The van der Waals surface area contributed by atoms with Crippen LogP contribution in [-0.2, 0) is 9.53 Å². The smallest absolute Gasteiger partial charge is 0.243 e. The quantitative estimate of drug-likeness (QED) is 0.725. The lowest BCUT2D eigenvalue weighted by Gasteiger charge is -2.26. The van der Waals surface area contributed by atoms with E-state index in [9.17, 15) is 4.79 Å². The van der Waals surface area contributed by atoms with Crippen molar-refractivity contribution < 1.29 is 14.3 Å². The molecule has 1 amide bonds. The number of nitrogens with zero attached hydrogens (tertiary/aromatic N) is 1. The van der Waals surface area contributed by atoms with Crippen LogP contribution in [-0.4, -0.2) is 36.8 Å². The normalized spacial score (nSPS) is 15.6. The Morgan fingerprint density at radius 1 is 1.37 bits per heavy atom. The Kier molecular flexibility index (Phi) is 8.50. The predicted octanol–water partition coefficient (Wildman–Crippen LogP) is 3.71. The zero-order valence-electron chi connectivity index (χ0n) is 15.3. The Hall–Kier alpha value is -1.67. The number of ether oxygens (including phenoxy) is 2. The van der Waals surface area contributed by atoms with Crippen LogP contribution in [0.4, 0.5) is 5.13 Å². The number of benzene rings is 1. The Labute approximate surface area is 169 Å². The van der Waals surface area contributed by atoms with E-state index in [4.69, 9.17) is 15.2 Å². The second-order valence-electron chi connectivity index (χ2n) is 6.38. The number of rotatable bonds is 7. The molecule has 1 fully saturated rings. The van der Waals surface area contributed by atoms with Gasteiger partial charge >= 0.3 is 0 Å². The third-order valence-electron chi connectivity index (χ3n) is 4.43. The molecule has 3 rings (SSSR count). The first-order chi connectivity index (χ1) is 12.7. The maximum absolute atomic E-state index is 12.4. The van der Waals surface area contributed by atoms with Crippen LogP contribution in [0.3, 0.4) is 0 Å². The largest absolute Gasteiger partial charge is 0.494 e. The molecule has 27 heavy (non-hydrogen) atoms. The summed E-state index contributed by atoms with van der Waals surface area (Å²) in [5, 5.41) is 5.34. The highest BCUT2D eigenvalue weighted by molar-refractivity contribution is 7.14. The summed E-state index contributed by atoms with van der Waals surface area (Å²) >= 11 is 1.40. The average Bonchev–Trinajstić information content (AvgIpc) is 3.15. The van der Waals surface area contributed by atoms with E-state index in [1.54, 1.807) is 0 Å². The molecule has 6 nitrogen and oxygen atoms in total. The third-order valence-corrected chi connectivity index (χ3v) is 5.19. The third kappa shape index (κ3) is 5.90. The Balaban J connectivity index is 0.00000261. The zero-order chi connectivity index (χ0) is 18.4. The van der Waals surface area contributed by atoms with E-state index in [2.05, 4.69) is 17.2 Å². The van der Waals surface area contributed by atoms with Gasteiger partial charge in [-0.15, -0.1) is 23.7 Å². The molecule has 8 heteroatoms. The van der Waals surface area contributed by atoms with Gasteiger partial charge in [-0.2, -0.15) is 0 Å². The number of carbonyl (C=O) groups excluding carboxylic acids is 1. The number of amides is 1. The molecule has 1 aromatic heterocycles. The average molecular weight is 412 g/mol. The van der Waals surface area contributed by atoms with Crippen molar-refractivity contribution in [3.05, 3.63) is 29.6 Å². The van der Waals surface area contributed by atoms with Crippen molar-refractivity contribution in [3.8, 4) is 17.0 Å². The van der Waals surface area contributed by atoms with Gasteiger partial charge in [0, 0.05) is 24.2 Å². The van der Waals surface area contributed by atoms with Gasteiger partial charge in [0.2, 0.25) is 5.91 Å². The molecule has 3 N–H and O–H groups in total. The van der Waals surface area contributed by atoms with E-state index in [0.717, 1.165) is 36.3 Å². The van der Waals surface area contributed by atoms with E-state index < -0.39 is 6.04 Å². The molecule has 0 saturated carbocycles. The van der Waals surface area contributed by atoms with Gasteiger partial charge < -0.3 is 20.5 Å². The lowest BCUT2D eigenvalue weighted by Crippen LogP contribution is -2.43. The molecule has 1 saturated heterocycles. The lowest BCUT2D eigenvalue weighted by molar-refractivity contribution is -0.119. The number of hydrogen-bond acceptors (Lipinski definition) is 6. The highest BCUT2D eigenvalue weighted by Gasteiger charge is 2.27. The minimum absolute atomic E-state index is 0. The van der Waals surface area contributed by atoms with Gasteiger partial charge in [0.1, 0.15) is 5.75 Å². The van der Waals surface area contributed by atoms with Crippen molar-refractivity contribution in [1.29, 1.82) is 0 Å². The Bertz CT molecular complexity index is 717. The highest BCUT2D eigenvalue weighted by atomic mass is 35.5. The van der Waals surface area contributed by atoms with Crippen molar-refractivity contribution >= 4 is 34.8 Å². The van der Waals surface area contributed by atoms with Crippen LogP contribution in [0.1, 0.15) is 26.2 Å². The fourth-order valence-corrected chi connectivity index (χ4v) is 3.61. The van der Waals surface area contributed by atoms with Crippen LogP contribution < -0.4 is 15.8 Å². The number of aromatic nitrogens is 1. The maximum atomic E-state index is 12.4. The van der Waals surface area contributed by atoms with Crippen LogP contribution in [0.2, 0.25) is 0 Å². The van der Waals surface area contributed by atoms with Crippen LogP contribution in [0.5, 0.6) is 5.75 Å². The molecular weight excluding hydrogens is 386 g/mol. The molecule has 0 spiro atoms. The summed E-state index contributed by atoms with van der Waals surface area (Å²) in [4.78, 5) is 16.9. The van der Waals surface area contributed by atoms with Crippen molar-refractivity contribution in [2.24, 2.45) is 11.7 Å². The Morgan fingerprint density at radius 2 is 2.07 bits per heavy atom. The van der Waals surface area contributed by atoms with Crippen LogP contribution in [0, 0.1) is 5.92 Å². The van der Waals surface area contributed by atoms with E-state index in [-0.39, 0.29) is 24.2 Å². The van der Waals surface area contributed by atoms with Crippen LogP contribution in [0.15, 0.2) is 29.6 Å². The molecule has 1 atom stereocenters. The molecule has 0 aliphatic carbocycles. The summed E-state index contributed by atoms with van der Waals surface area (Å²) in [5.41, 5.74) is 7.92. The Morgan fingerprint density at radius 3 is 2.74 bits per heavy atom. The van der Waals surface area contributed by atoms with E-state index >= 15 is 0 Å². The zero-order valence-corrected chi connectivity index (χ0v) is 17.0. The molecule has 1 aromatic carbocycles. The maximum Gasteiger partial charge on any atom is 0.243 e. The first-order valence-electron chi connectivity index (χ1n) is 9.00. The van der Waals surface area contributed by atoms with Gasteiger partial charge in [0.25, 0.3) is 0 Å². The predicted molar refractivity (Wildman–Crippen MR) is 111 cm³/mol. The monoisotopic (exact) mass is 411 g/mol. The van der Waals surface area contributed by atoms with E-state index in [1.165, 1.54) is 11.3 Å². The molecule has 2 aromatic rings. The van der Waals surface area contributed by atoms with Gasteiger partial charge in [0.05, 0.1) is 18.3 Å². The van der Waals surface area contributed by atoms with E-state index in [0.29, 0.717) is 25.0 Å². The molecular formula is C19H26ClN3O3S. The van der Waals surface area contributed by atoms with Crippen molar-refractivity contribution in [2.75, 3.05) is 25.1 Å². The molecule has 148 valence electrons. The van der Waals surface area contributed by atoms with Gasteiger partial charge in [0.15, 0.2) is 5.13 Å². The van der Waals surface area contributed by atoms with Gasteiger partial charge in [-0.1, -0.05) is 6.92 Å². The minimum atomic E-state index is -0.527. The number of anilines is 1. The fraction of sp³-hybridized carbons (Fsp3) is 0.474. The summed E-state index contributed by atoms with van der Waals surface area (Å²) in [6, 6.07) is 7.29. The lowest BCUT2D eigenvalue weighted by atomic mass is 9.92. The first-order valence-corrected chi connectivity index (χ1v) is 9.88. The second-order valence-corrected chi connectivity index (χ2v) is 7.23. The van der Waals surface area contributed by atoms with Gasteiger partial charge in [-0.05, 0) is 49.4 Å². The summed E-state index contributed by atoms with van der Waals surface area (Å²) in [6.07, 6.45) is 2.63. The van der Waals surface area contributed by atoms with E-state index in [1.807, 2.05) is 29.6 Å². The van der Waals surface area contributed by atoms with Crippen LogP contribution in [0.25, 0.3) is 11.3 Å². The SMILES string of the molecule is CCCOc1ccc(-c2csc(NC(=O)C(N)C3CCOCC3)n2)cc1.Cl. The number of nitrogens with two attached hydrogens (primary N) is 1. The van der Waals surface area contributed by atoms with Gasteiger partial charge in [-0.25, -0.2) is 4.98 Å². The first kappa shape index (κ1) is 21.6. The topological polar surface area (TPSA) is 86.5 Å². The van der Waals surface area contributed by atoms with Crippen molar-refractivity contribution in [3.63, 3.8) is 0 Å². The number of hydrogen-bond donors (Lipinski definition) is 2. The molecule has 1 unspecified atom stereocenters. The number of thiazole rings is 1. The van der Waals surface area contributed by atoms with Crippen molar-refractivity contribution in [1.82, 2.24) is 4.98 Å². The molecule has 0 bridgehead atoms. The summed E-state index contributed by atoms with van der Waals surface area (Å²) in [5.74, 6) is 0.835. The van der Waals surface area contributed by atoms with Crippen LogP contribution >= 0.6 is 23.7 Å². The summed E-state index contributed by atoms with van der Waals surface area (Å²) in [6.45, 7) is 4.13. The number of halogens is 1. The fourth-order valence-electron chi connectivity index (χ4n) is 2.88. The molecule has 2 heterocycles. The second kappa shape index (κ2) is 10.6. The minimum Gasteiger partial charge on any atom is -0.494 e. The number of carbonyl (C=O) groups is 1.